The average Bonchev–Trinajstić information content (AvgIpc) is 2.45. The van der Waals surface area contributed by atoms with Gasteiger partial charge in [-0.05, 0) is 19.1 Å². The molecule has 0 aliphatic heterocycles. The third kappa shape index (κ3) is 3.14. The highest BCUT2D eigenvalue weighted by atomic mass is 32.1. The fourth-order valence-electron chi connectivity index (χ4n) is 1.01. The molecule has 0 atom stereocenters. The Morgan fingerprint density at radius 1 is 1.43 bits per heavy atom. The molecule has 1 rings (SSSR count). The molecule has 0 fully saturated rings. The molecule has 2 nitrogen and oxygen atoms in total. The van der Waals surface area contributed by atoms with E-state index in [1.54, 1.807) is 11.3 Å². The average molecular weight is 211 g/mol. The number of carbonyl (C=O) groups excluding carboxylic acids is 1. The molecule has 1 heterocycles. The summed E-state index contributed by atoms with van der Waals surface area (Å²) >= 11 is 1.73. The Balaban J connectivity index is 2.46. The van der Waals surface area contributed by atoms with E-state index in [1.807, 2.05) is 20.8 Å². The van der Waals surface area contributed by atoms with Crippen LogP contribution in [0.15, 0.2) is 12.1 Å². The zero-order valence-electron chi connectivity index (χ0n) is 9.18. The van der Waals surface area contributed by atoms with Crippen molar-refractivity contribution in [3.05, 3.63) is 21.9 Å². The van der Waals surface area contributed by atoms with E-state index in [-0.39, 0.29) is 11.3 Å². The summed E-state index contributed by atoms with van der Waals surface area (Å²) < 4.78 is 0. The van der Waals surface area contributed by atoms with Gasteiger partial charge in [0.05, 0.1) is 6.54 Å². The highest BCUT2D eigenvalue weighted by molar-refractivity contribution is 7.11. The summed E-state index contributed by atoms with van der Waals surface area (Å²) in [6.07, 6.45) is 0. The standard InChI is InChI=1S/C11H17NOS/c1-8-5-6-9(14-8)7-12-10(13)11(2,3)4/h5-6H,7H2,1-4H3,(H,12,13). The predicted molar refractivity (Wildman–Crippen MR) is 60.4 cm³/mol. The summed E-state index contributed by atoms with van der Waals surface area (Å²) in [6, 6.07) is 4.13. The number of hydrogen-bond acceptors (Lipinski definition) is 2. The molecule has 1 aromatic rings. The highest BCUT2D eigenvalue weighted by Crippen LogP contribution is 2.16. The zero-order valence-corrected chi connectivity index (χ0v) is 9.99. The second-order valence-corrected chi connectivity index (χ2v) is 5.82. The molecule has 0 bridgehead atoms. The van der Waals surface area contributed by atoms with E-state index < -0.39 is 0 Å². The number of rotatable bonds is 2. The summed E-state index contributed by atoms with van der Waals surface area (Å²) in [4.78, 5) is 14.0. The van der Waals surface area contributed by atoms with E-state index in [0.717, 1.165) is 0 Å². The summed E-state index contributed by atoms with van der Waals surface area (Å²) in [6.45, 7) is 8.47. The van der Waals surface area contributed by atoms with Crippen molar-refractivity contribution in [1.29, 1.82) is 0 Å². The van der Waals surface area contributed by atoms with E-state index in [9.17, 15) is 4.79 Å². The molecule has 0 aliphatic rings. The summed E-state index contributed by atoms with van der Waals surface area (Å²) in [7, 11) is 0. The second kappa shape index (κ2) is 4.13. The molecule has 0 aromatic carbocycles. The van der Waals surface area contributed by atoms with Crippen LogP contribution in [0, 0.1) is 12.3 Å². The van der Waals surface area contributed by atoms with Gasteiger partial charge in [0.2, 0.25) is 5.91 Å². The Morgan fingerprint density at radius 3 is 2.50 bits per heavy atom. The van der Waals surface area contributed by atoms with Gasteiger partial charge in [-0.3, -0.25) is 4.79 Å². The Kier molecular flexibility index (Phi) is 3.32. The van der Waals surface area contributed by atoms with Crippen molar-refractivity contribution >= 4 is 17.2 Å². The third-order valence-corrected chi connectivity index (χ3v) is 2.90. The third-order valence-electron chi connectivity index (χ3n) is 1.90. The molecule has 3 heteroatoms. The molecule has 0 spiro atoms. The van der Waals surface area contributed by atoms with Crippen LogP contribution in [0.1, 0.15) is 30.5 Å². The number of thiophene rings is 1. The van der Waals surface area contributed by atoms with Crippen LogP contribution in [0.25, 0.3) is 0 Å². The smallest absolute Gasteiger partial charge is 0.225 e. The largest absolute Gasteiger partial charge is 0.351 e. The van der Waals surface area contributed by atoms with Gasteiger partial charge in [0.15, 0.2) is 0 Å². The van der Waals surface area contributed by atoms with E-state index >= 15 is 0 Å². The van der Waals surface area contributed by atoms with Gasteiger partial charge in [-0.25, -0.2) is 0 Å². The van der Waals surface area contributed by atoms with Crippen LogP contribution in [-0.4, -0.2) is 5.91 Å². The lowest BCUT2D eigenvalue weighted by molar-refractivity contribution is -0.128. The number of amides is 1. The van der Waals surface area contributed by atoms with Crippen molar-refractivity contribution in [2.75, 3.05) is 0 Å². The van der Waals surface area contributed by atoms with Crippen molar-refractivity contribution in [2.45, 2.75) is 34.2 Å². The van der Waals surface area contributed by atoms with Crippen LogP contribution in [0.4, 0.5) is 0 Å². The van der Waals surface area contributed by atoms with Crippen molar-refractivity contribution in [2.24, 2.45) is 5.41 Å². The minimum Gasteiger partial charge on any atom is -0.351 e. The molecular weight excluding hydrogens is 194 g/mol. The van der Waals surface area contributed by atoms with Crippen LogP contribution < -0.4 is 5.32 Å². The number of carbonyl (C=O) groups is 1. The first-order valence-corrected chi connectivity index (χ1v) is 5.55. The van der Waals surface area contributed by atoms with Crippen LogP contribution in [-0.2, 0) is 11.3 Å². The fourth-order valence-corrected chi connectivity index (χ4v) is 1.84. The molecule has 0 radical (unpaired) electrons. The van der Waals surface area contributed by atoms with Crippen molar-refractivity contribution in [3.63, 3.8) is 0 Å². The topological polar surface area (TPSA) is 29.1 Å². The van der Waals surface area contributed by atoms with Crippen LogP contribution in [0.2, 0.25) is 0 Å². The van der Waals surface area contributed by atoms with Crippen LogP contribution in [0.3, 0.4) is 0 Å². The lowest BCUT2D eigenvalue weighted by Crippen LogP contribution is -2.34. The van der Waals surface area contributed by atoms with Crippen LogP contribution in [0.5, 0.6) is 0 Å². The Labute approximate surface area is 89.3 Å². The highest BCUT2D eigenvalue weighted by Gasteiger charge is 2.20. The Morgan fingerprint density at radius 2 is 2.07 bits per heavy atom. The number of nitrogens with one attached hydrogen (secondary N) is 1. The SMILES string of the molecule is Cc1ccc(CNC(=O)C(C)(C)C)s1. The number of aryl methyl sites for hydroxylation is 1. The molecule has 14 heavy (non-hydrogen) atoms. The molecule has 1 amide bonds. The van der Waals surface area contributed by atoms with Crippen molar-refractivity contribution in [1.82, 2.24) is 5.32 Å². The van der Waals surface area contributed by atoms with Gasteiger partial charge in [-0.1, -0.05) is 20.8 Å². The van der Waals surface area contributed by atoms with Gasteiger partial charge < -0.3 is 5.32 Å². The van der Waals surface area contributed by atoms with Gasteiger partial charge in [0, 0.05) is 15.2 Å². The number of hydrogen-bond donors (Lipinski definition) is 1. The van der Waals surface area contributed by atoms with Crippen molar-refractivity contribution < 1.29 is 4.79 Å². The molecule has 0 unspecified atom stereocenters. The summed E-state index contributed by atoms with van der Waals surface area (Å²) in [5.74, 6) is 0.101. The predicted octanol–water partition coefficient (Wildman–Crippen LogP) is 2.72. The maximum atomic E-state index is 11.5. The molecule has 0 saturated heterocycles. The Hall–Kier alpha value is -0.830. The summed E-state index contributed by atoms with van der Waals surface area (Å²) in [5.41, 5.74) is -0.299. The van der Waals surface area contributed by atoms with Gasteiger partial charge in [-0.2, -0.15) is 0 Å². The van der Waals surface area contributed by atoms with E-state index in [4.69, 9.17) is 0 Å². The lowest BCUT2D eigenvalue weighted by Gasteiger charge is -2.17. The van der Waals surface area contributed by atoms with Crippen LogP contribution >= 0.6 is 11.3 Å². The maximum Gasteiger partial charge on any atom is 0.225 e. The molecule has 0 saturated carbocycles. The van der Waals surface area contributed by atoms with Gasteiger partial charge in [0.1, 0.15) is 0 Å². The molecule has 0 aliphatic carbocycles. The normalized spacial score (nSPS) is 11.4. The fraction of sp³-hybridized carbons (Fsp3) is 0.545. The van der Waals surface area contributed by atoms with Gasteiger partial charge >= 0.3 is 0 Å². The molecule has 78 valence electrons. The molecular formula is C11H17NOS. The van der Waals surface area contributed by atoms with E-state index in [2.05, 4.69) is 24.4 Å². The zero-order chi connectivity index (χ0) is 10.8. The monoisotopic (exact) mass is 211 g/mol. The summed E-state index contributed by atoms with van der Waals surface area (Å²) in [5, 5.41) is 2.92. The molecule has 1 N–H and O–H groups in total. The van der Waals surface area contributed by atoms with E-state index in [0.29, 0.717) is 6.54 Å². The second-order valence-electron chi connectivity index (χ2n) is 4.45. The van der Waals surface area contributed by atoms with Crippen molar-refractivity contribution in [3.8, 4) is 0 Å². The minimum absolute atomic E-state index is 0.101. The van der Waals surface area contributed by atoms with E-state index in [1.165, 1.54) is 9.75 Å². The Bertz CT molecular complexity index is 322. The van der Waals surface area contributed by atoms with Gasteiger partial charge in [0.25, 0.3) is 0 Å². The molecule has 1 aromatic heterocycles. The first-order valence-electron chi connectivity index (χ1n) is 4.73. The minimum atomic E-state index is -0.299. The first kappa shape index (κ1) is 11.2. The first-order chi connectivity index (χ1) is 6.39. The quantitative estimate of drug-likeness (QED) is 0.800. The van der Waals surface area contributed by atoms with Gasteiger partial charge in [-0.15, -0.1) is 11.3 Å². The maximum absolute atomic E-state index is 11.5. The lowest BCUT2D eigenvalue weighted by atomic mass is 9.96.